The molecule has 0 saturated carbocycles. The molecule has 0 atom stereocenters. The van der Waals surface area contributed by atoms with Gasteiger partial charge < -0.3 is 4.74 Å². The number of esters is 1. The van der Waals surface area contributed by atoms with Gasteiger partial charge in [0.2, 0.25) is 0 Å². The average Bonchev–Trinajstić information content (AvgIpc) is 2.40. The number of halogens is 1. The van der Waals surface area contributed by atoms with E-state index in [0.29, 0.717) is 10.8 Å². The van der Waals surface area contributed by atoms with Crippen molar-refractivity contribution in [2.75, 3.05) is 6.61 Å². The molecule has 5 nitrogen and oxygen atoms in total. The molecule has 0 aliphatic heterocycles. The lowest BCUT2D eigenvalue weighted by Crippen LogP contribution is -2.31. The lowest BCUT2D eigenvalue weighted by molar-refractivity contribution is -0.144. The van der Waals surface area contributed by atoms with Crippen molar-refractivity contribution in [3.05, 3.63) is 39.8 Å². The van der Waals surface area contributed by atoms with Crippen molar-refractivity contribution in [2.45, 2.75) is 39.9 Å². The molecular weight excluding hydrogens is 287 g/mol. The number of carbonyl (C=O) groups excluding carboxylic acids is 1. The van der Waals surface area contributed by atoms with Crippen molar-refractivity contribution in [1.29, 1.82) is 0 Å². The van der Waals surface area contributed by atoms with E-state index in [2.05, 4.69) is 5.10 Å². The highest BCUT2D eigenvalue weighted by Gasteiger charge is 2.26. The van der Waals surface area contributed by atoms with Crippen LogP contribution in [0.3, 0.4) is 0 Å². The highest BCUT2D eigenvalue weighted by Crippen LogP contribution is 2.28. The van der Waals surface area contributed by atoms with Gasteiger partial charge in [-0.2, -0.15) is 5.10 Å². The van der Waals surface area contributed by atoms with Gasteiger partial charge >= 0.3 is 5.97 Å². The van der Waals surface area contributed by atoms with Gasteiger partial charge in [-0.25, -0.2) is 9.07 Å². The molecule has 0 radical (unpaired) electrons. The largest absolute Gasteiger partial charge is 0.465 e. The number of fused-ring (bicyclic) bond motifs is 1. The van der Waals surface area contributed by atoms with E-state index in [4.69, 9.17) is 4.74 Å². The molecule has 1 aromatic carbocycles. The first-order valence-electron chi connectivity index (χ1n) is 7.10. The molecule has 1 heterocycles. The van der Waals surface area contributed by atoms with Gasteiger partial charge in [-0.1, -0.05) is 11.6 Å². The number of hydrogen-bond acceptors (Lipinski definition) is 4. The number of aryl methyl sites for hydroxylation is 1. The summed E-state index contributed by atoms with van der Waals surface area (Å²) < 4.78 is 20.3. The lowest BCUT2D eigenvalue weighted by Gasteiger charge is -2.18. The van der Waals surface area contributed by atoms with E-state index >= 15 is 0 Å². The highest BCUT2D eigenvalue weighted by molar-refractivity contribution is 5.85. The van der Waals surface area contributed by atoms with Crippen LogP contribution in [-0.2, 0) is 21.7 Å². The smallest absolute Gasteiger partial charge is 0.327 e. The summed E-state index contributed by atoms with van der Waals surface area (Å²) in [4.78, 5) is 24.0. The Bertz CT molecular complexity index is 775. The fourth-order valence-corrected chi connectivity index (χ4v) is 2.27. The molecule has 1 aromatic heterocycles. The van der Waals surface area contributed by atoms with E-state index < -0.39 is 17.2 Å². The van der Waals surface area contributed by atoms with Gasteiger partial charge in [0.05, 0.1) is 12.0 Å². The molecule has 2 aromatic rings. The number of carbonyl (C=O) groups is 1. The van der Waals surface area contributed by atoms with E-state index in [0.717, 1.165) is 10.2 Å². The van der Waals surface area contributed by atoms with Crippen LogP contribution in [0, 0.1) is 6.92 Å². The zero-order chi connectivity index (χ0) is 16.5. The van der Waals surface area contributed by atoms with Crippen molar-refractivity contribution in [3.8, 4) is 0 Å². The predicted octanol–water partition coefficient (Wildman–Crippen LogP) is 2.47. The van der Waals surface area contributed by atoms with Crippen molar-refractivity contribution in [2.24, 2.45) is 0 Å². The first-order chi connectivity index (χ1) is 10.2. The number of nitrogens with zero attached hydrogens (tertiary/aromatic N) is 2. The third-order valence-corrected chi connectivity index (χ3v) is 3.26. The molecule has 0 spiro atoms. The Hall–Kier alpha value is -2.24. The standard InChI is InChI=1S/C16H19FN2O3/c1-5-22-13(20)9-19-15(21)11-7-6-10(2)8-12(11)14(18-19)16(3,4)17/h6-8H,5,9H2,1-4H3. The number of hydrogen-bond donors (Lipinski definition) is 0. The number of alkyl halides is 1. The fourth-order valence-electron chi connectivity index (χ4n) is 2.27. The molecule has 0 aliphatic rings. The summed E-state index contributed by atoms with van der Waals surface area (Å²) >= 11 is 0. The quantitative estimate of drug-likeness (QED) is 0.814. The lowest BCUT2D eigenvalue weighted by atomic mass is 9.99. The summed E-state index contributed by atoms with van der Waals surface area (Å²) in [5.41, 5.74) is -1.13. The maximum atomic E-state index is 14.5. The first-order valence-corrected chi connectivity index (χ1v) is 7.10. The molecule has 2 rings (SSSR count). The molecule has 0 amide bonds. The molecule has 22 heavy (non-hydrogen) atoms. The Morgan fingerprint density at radius 1 is 1.36 bits per heavy atom. The molecule has 0 bridgehead atoms. The molecule has 0 unspecified atom stereocenters. The van der Waals surface area contributed by atoms with Gasteiger partial charge in [0.1, 0.15) is 17.9 Å². The highest BCUT2D eigenvalue weighted by atomic mass is 19.1. The second kappa shape index (κ2) is 5.87. The van der Waals surface area contributed by atoms with Gasteiger partial charge in [0, 0.05) is 5.39 Å². The topological polar surface area (TPSA) is 61.2 Å². The Morgan fingerprint density at radius 2 is 2.05 bits per heavy atom. The number of rotatable bonds is 4. The molecule has 118 valence electrons. The van der Waals surface area contributed by atoms with Crippen LogP contribution in [0.5, 0.6) is 0 Å². The third kappa shape index (κ3) is 3.16. The van der Waals surface area contributed by atoms with Crippen LogP contribution in [0.25, 0.3) is 10.8 Å². The Morgan fingerprint density at radius 3 is 2.64 bits per heavy atom. The van der Waals surface area contributed by atoms with Gasteiger partial charge in [-0.15, -0.1) is 0 Å². The van der Waals surface area contributed by atoms with Gasteiger partial charge in [-0.05, 0) is 39.8 Å². The monoisotopic (exact) mass is 306 g/mol. The third-order valence-electron chi connectivity index (χ3n) is 3.26. The Labute approximate surface area is 127 Å². The van der Waals surface area contributed by atoms with Crippen molar-refractivity contribution in [3.63, 3.8) is 0 Å². The molecule has 0 N–H and O–H groups in total. The minimum atomic E-state index is -1.74. The van der Waals surface area contributed by atoms with Gasteiger partial charge in [0.25, 0.3) is 5.56 Å². The summed E-state index contributed by atoms with van der Waals surface area (Å²) in [6.45, 7) is 6.15. The second-order valence-corrected chi connectivity index (χ2v) is 5.64. The number of benzene rings is 1. The fraction of sp³-hybridized carbons (Fsp3) is 0.438. The van der Waals surface area contributed by atoms with Crippen molar-refractivity contribution >= 4 is 16.7 Å². The normalized spacial score (nSPS) is 11.7. The summed E-state index contributed by atoms with van der Waals surface area (Å²) in [6, 6.07) is 5.13. The van der Waals surface area contributed by atoms with Crippen LogP contribution < -0.4 is 5.56 Å². The predicted molar refractivity (Wildman–Crippen MR) is 81.5 cm³/mol. The summed E-state index contributed by atoms with van der Waals surface area (Å²) in [5, 5.41) is 4.87. The van der Waals surface area contributed by atoms with E-state index in [1.54, 1.807) is 25.1 Å². The van der Waals surface area contributed by atoms with E-state index in [1.807, 2.05) is 6.92 Å². The van der Waals surface area contributed by atoms with Crippen LogP contribution in [0.4, 0.5) is 4.39 Å². The zero-order valence-electron chi connectivity index (χ0n) is 13.1. The van der Waals surface area contributed by atoms with Crippen molar-refractivity contribution in [1.82, 2.24) is 9.78 Å². The van der Waals surface area contributed by atoms with E-state index in [-0.39, 0.29) is 18.8 Å². The molecule has 0 aliphatic carbocycles. The molecule has 6 heteroatoms. The van der Waals surface area contributed by atoms with Crippen LogP contribution in [0.1, 0.15) is 32.0 Å². The Kier molecular flexibility index (Phi) is 4.30. The van der Waals surface area contributed by atoms with Gasteiger partial charge in [0.15, 0.2) is 0 Å². The maximum Gasteiger partial charge on any atom is 0.327 e. The first kappa shape index (κ1) is 16.1. The second-order valence-electron chi connectivity index (χ2n) is 5.64. The molecular formula is C16H19FN2O3. The minimum absolute atomic E-state index is 0.134. The molecule has 0 saturated heterocycles. The zero-order valence-corrected chi connectivity index (χ0v) is 13.1. The maximum absolute atomic E-state index is 14.5. The molecule has 0 fully saturated rings. The van der Waals surface area contributed by atoms with Crippen LogP contribution in [0.15, 0.2) is 23.0 Å². The van der Waals surface area contributed by atoms with E-state index in [9.17, 15) is 14.0 Å². The summed E-state index contributed by atoms with van der Waals surface area (Å²) in [7, 11) is 0. The van der Waals surface area contributed by atoms with Crippen LogP contribution in [-0.4, -0.2) is 22.4 Å². The minimum Gasteiger partial charge on any atom is -0.465 e. The van der Waals surface area contributed by atoms with Gasteiger partial charge in [-0.3, -0.25) is 9.59 Å². The summed E-state index contributed by atoms with van der Waals surface area (Å²) in [5.74, 6) is -0.578. The van der Waals surface area contributed by atoms with Crippen LogP contribution >= 0.6 is 0 Å². The van der Waals surface area contributed by atoms with Crippen molar-refractivity contribution < 1.29 is 13.9 Å². The SMILES string of the molecule is CCOC(=O)Cn1nc(C(C)(C)F)c2cc(C)ccc2c1=O. The number of ether oxygens (including phenoxy) is 1. The van der Waals surface area contributed by atoms with Crippen LogP contribution in [0.2, 0.25) is 0 Å². The Balaban J connectivity index is 2.70. The average molecular weight is 306 g/mol. The van der Waals surface area contributed by atoms with E-state index in [1.165, 1.54) is 13.8 Å². The summed E-state index contributed by atoms with van der Waals surface area (Å²) in [6.07, 6.45) is 0. The number of aromatic nitrogens is 2.